The Hall–Kier alpha value is -2.34. The predicted molar refractivity (Wildman–Crippen MR) is 134 cm³/mol. The Kier molecular flexibility index (Phi) is 8.30. The van der Waals surface area contributed by atoms with Gasteiger partial charge in [-0.15, -0.1) is 0 Å². The molecular formula is C23H30N4O5S2. The van der Waals surface area contributed by atoms with Crippen LogP contribution in [0.2, 0.25) is 0 Å². The van der Waals surface area contributed by atoms with Crippen LogP contribution in [0.5, 0.6) is 0 Å². The fraction of sp³-hybridized carbons (Fsp3) is 0.478. The number of sulfone groups is 1. The fourth-order valence-corrected chi connectivity index (χ4v) is 7.68. The first-order valence-corrected chi connectivity index (χ1v) is 14.0. The topological polar surface area (TPSA) is 113 Å². The predicted octanol–water partition coefficient (Wildman–Crippen LogP) is 2.23. The lowest BCUT2D eigenvalue weighted by Gasteiger charge is -2.21. The number of ether oxygens (including phenoxy) is 1. The third-order valence-electron chi connectivity index (χ3n) is 5.71. The standard InChI is InChI=1S/C23H30N4O5S2/c1-31-12-3-10-27(14-19-4-2-13-32-19)11-9-24-22(28)17-5-7-18(8-6-17)25-23-26-20-15-34(29,30)16-21(20)33-23/h2,4-8,13,20-21H,3,9-12,14-16H2,1H3,(H,24,28)(H,25,26)/t20-,21-/m1/s1. The largest absolute Gasteiger partial charge is 0.468 e. The Morgan fingerprint density at radius 1 is 1.24 bits per heavy atom. The second-order valence-corrected chi connectivity index (χ2v) is 11.8. The van der Waals surface area contributed by atoms with E-state index in [-0.39, 0.29) is 28.7 Å². The van der Waals surface area contributed by atoms with Crippen LogP contribution in [-0.2, 0) is 21.1 Å². The van der Waals surface area contributed by atoms with Gasteiger partial charge in [-0.1, -0.05) is 11.8 Å². The fourth-order valence-electron chi connectivity index (χ4n) is 4.00. The summed E-state index contributed by atoms with van der Waals surface area (Å²) >= 11 is 1.47. The molecule has 0 bridgehead atoms. The van der Waals surface area contributed by atoms with E-state index in [2.05, 4.69) is 20.5 Å². The number of nitrogens with zero attached hydrogens (tertiary/aromatic N) is 2. The van der Waals surface area contributed by atoms with Crippen LogP contribution in [0.4, 0.5) is 5.69 Å². The highest BCUT2D eigenvalue weighted by Crippen LogP contribution is 2.34. The number of carbonyl (C=O) groups excluding carboxylic acids is 1. The number of hydrogen-bond donors (Lipinski definition) is 2. The third-order valence-corrected chi connectivity index (χ3v) is 8.85. The molecule has 1 aromatic carbocycles. The number of furan rings is 1. The molecule has 3 heterocycles. The summed E-state index contributed by atoms with van der Waals surface area (Å²) in [5.74, 6) is 1.07. The van der Waals surface area contributed by atoms with E-state index in [1.807, 2.05) is 24.3 Å². The van der Waals surface area contributed by atoms with Gasteiger partial charge in [-0.25, -0.2) is 8.42 Å². The molecule has 1 amide bonds. The van der Waals surface area contributed by atoms with Gasteiger partial charge in [0.05, 0.1) is 30.4 Å². The quantitative estimate of drug-likeness (QED) is 0.446. The van der Waals surface area contributed by atoms with Crippen LogP contribution in [0.3, 0.4) is 0 Å². The van der Waals surface area contributed by atoms with Crippen molar-refractivity contribution in [3.05, 3.63) is 54.0 Å². The number of anilines is 1. The number of thioether (sulfide) groups is 1. The maximum Gasteiger partial charge on any atom is 0.251 e. The molecule has 0 spiro atoms. The lowest BCUT2D eigenvalue weighted by Crippen LogP contribution is -2.35. The molecule has 2 atom stereocenters. The highest BCUT2D eigenvalue weighted by atomic mass is 32.2. The summed E-state index contributed by atoms with van der Waals surface area (Å²) in [5, 5.41) is 6.93. The molecular weight excluding hydrogens is 476 g/mol. The van der Waals surface area contributed by atoms with E-state index < -0.39 is 9.84 Å². The number of rotatable bonds is 11. The molecule has 0 aliphatic carbocycles. The highest BCUT2D eigenvalue weighted by molar-refractivity contribution is 8.15. The van der Waals surface area contributed by atoms with Gasteiger partial charge in [0.15, 0.2) is 15.0 Å². The van der Waals surface area contributed by atoms with E-state index in [9.17, 15) is 13.2 Å². The molecule has 11 heteroatoms. The van der Waals surface area contributed by atoms with Crippen molar-refractivity contribution in [2.24, 2.45) is 4.99 Å². The second kappa shape index (κ2) is 11.4. The normalized spacial score (nSPS) is 20.8. The number of aliphatic imine (C=N–C) groups is 1. The molecule has 34 heavy (non-hydrogen) atoms. The summed E-state index contributed by atoms with van der Waals surface area (Å²) in [5.41, 5.74) is 1.39. The Morgan fingerprint density at radius 3 is 2.76 bits per heavy atom. The van der Waals surface area contributed by atoms with Crippen LogP contribution >= 0.6 is 11.8 Å². The molecule has 9 nitrogen and oxygen atoms in total. The minimum absolute atomic E-state index is 0.000556. The van der Waals surface area contributed by atoms with Crippen LogP contribution < -0.4 is 10.6 Å². The SMILES string of the molecule is COCCCN(CCNC(=O)c1ccc(NC2=N[C@@H]3CS(=O)(=O)C[C@H]3S2)cc1)Cc1ccco1. The molecule has 4 rings (SSSR count). The first kappa shape index (κ1) is 24.8. The van der Waals surface area contributed by atoms with Gasteiger partial charge in [0, 0.05) is 49.9 Å². The average molecular weight is 507 g/mol. The van der Waals surface area contributed by atoms with Gasteiger partial charge in [0.2, 0.25) is 0 Å². The van der Waals surface area contributed by atoms with Gasteiger partial charge >= 0.3 is 0 Å². The van der Waals surface area contributed by atoms with Crippen LogP contribution in [-0.4, -0.2) is 80.5 Å². The van der Waals surface area contributed by atoms with Crippen LogP contribution in [0.1, 0.15) is 22.5 Å². The lowest BCUT2D eigenvalue weighted by atomic mass is 10.2. The molecule has 1 aromatic heterocycles. The van der Waals surface area contributed by atoms with E-state index in [0.717, 1.165) is 29.6 Å². The number of carbonyl (C=O) groups is 1. The monoisotopic (exact) mass is 506 g/mol. The maximum atomic E-state index is 12.6. The van der Waals surface area contributed by atoms with Crippen molar-refractivity contribution in [2.45, 2.75) is 24.3 Å². The van der Waals surface area contributed by atoms with Gasteiger partial charge in [0.1, 0.15) is 5.76 Å². The molecule has 1 fully saturated rings. The average Bonchev–Trinajstić information content (AvgIpc) is 3.49. The van der Waals surface area contributed by atoms with Crippen molar-refractivity contribution in [3.63, 3.8) is 0 Å². The summed E-state index contributed by atoms with van der Waals surface area (Å²) in [6.07, 6.45) is 2.57. The zero-order valence-electron chi connectivity index (χ0n) is 19.1. The molecule has 0 radical (unpaired) electrons. The molecule has 2 aromatic rings. The molecule has 0 unspecified atom stereocenters. The zero-order valence-corrected chi connectivity index (χ0v) is 20.7. The van der Waals surface area contributed by atoms with Gasteiger partial charge in [0.25, 0.3) is 5.91 Å². The third kappa shape index (κ3) is 6.84. The zero-order chi connectivity index (χ0) is 24.0. The van der Waals surface area contributed by atoms with Crippen molar-refractivity contribution in [1.82, 2.24) is 10.2 Å². The van der Waals surface area contributed by atoms with Gasteiger partial charge in [-0.05, 0) is 42.8 Å². The number of methoxy groups -OCH3 is 1. The van der Waals surface area contributed by atoms with E-state index in [1.165, 1.54) is 11.8 Å². The second-order valence-electron chi connectivity index (χ2n) is 8.39. The Balaban J connectivity index is 1.24. The minimum Gasteiger partial charge on any atom is -0.468 e. The number of amidine groups is 1. The Morgan fingerprint density at radius 2 is 2.06 bits per heavy atom. The van der Waals surface area contributed by atoms with E-state index >= 15 is 0 Å². The minimum atomic E-state index is -2.96. The molecule has 2 aliphatic heterocycles. The molecule has 1 saturated heterocycles. The number of nitrogens with one attached hydrogen (secondary N) is 2. The molecule has 184 valence electrons. The van der Waals surface area contributed by atoms with Gasteiger partial charge < -0.3 is 19.8 Å². The van der Waals surface area contributed by atoms with Crippen molar-refractivity contribution in [3.8, 4) is 0 Å². The number of amides is 1. The van der Waals surface area contributed by atoms with Crippen LogP contribution in [0.25, 0.3) is 0 Å². The molecule has 2 N–H and O–H groups in total. The summed E-state index contributed by atoms with van der Waals surface area (Å²) in [6.45, 7) is 3.44. The van der Waals surface area contributed by atoms with Crippen LogP contribution in [0, 0.1) is 0 Å². The van der Waals surface area contributed by atoms with E-state index in [1.54, 1.807) is 25.5 Å². The summed E-state index contributed by atoms with van der Waals surface area (Å²) in [6, 6.07) is 10.8. The Bertz CT molecular complexity index is 1090. The highest BCUT2D eigenvalue weighted by Gasteiger charge is 2.42. The summed E-state index contributed by atoms with van der Waals surface area (Å²) in [7, 11) is -1.27. The van der Waals surface area contributed by atoms with Crippen molar-refractivity contribution < 1.29 is 22.4 Å². The van der Waals surface area contributed by atoms with Crippen molar-refractivity contribution >= 4 is 38.4 Å². The number of benzene rings is 1. The first-order valence-electron chi connectivity index (χ1n) is 11.3. The van der Waals surface area contributed by atoms with Crippen LogP contribution in [0.15, 0.2) is 52.1 Å². The smallest absolute Gasteiger partial charge is 0.251 e. The van der Waals surface area contributed by atoms with E-state index in [0.29, 0.717) is 31.8 Å². The lowest BCUT2D eigenvalue weighted by molar-refractivity contribution is 0.0945. The molecule has 2 aliphatic rings. The Labute approximate surface area is 204 Å². The maximum absolute atomic E-state index is 12.6. The first-order chi connectivity index (χ1) is 16.4. The van der Waals surface area contributed by atoms with Crippen molar-refractivity contribution in [1.29, 1.82) is 0 Å². The van der Waals surface area contributed by atoms with Gasteiger partial charge in [-0.2, -0.15) is 0 Å². The summed E-state index contributed by atoms with van der Waals surface area (Å²) in [4.78, 5) is 19.3. The van der Waals surface area contributed by atoms with E-state index in [4.69, 9.17) is 9.15 Å². The van der Waals surface area contributed by atoms with Crippen molar-refractivity contribution in [2.75, 3.05) is 50.2 Å². The molecule has 0 saturated carbocycles. The number of fused-ring (bicyclic) bond motifs is 1. The van der Waals surface area contributed by atoms with Gasteiger partial charge in [-0.3, -0.25) is 14.7 Å². The summed E-state index contributed by atoms with van der Waals surface area (Å²) < 4.78 is 34.0. The number of hydrogen-bond acceptors (Lipinski definition) is 9.